The lowest BCUT2D eigenvalue weighted by atomic mass is 10.1. The molecule has 5 rings (SSSR count). The van der Waals surface area contributed by atoms with Crippen molar-refractivity contribution in [2.24, 2.45) is 0 Å². The van der Waals surface area contributed by atoms with E-state index in [1.807, 2.05) is 17.5 Å². The summed E-state index contributed by atoms with van der Waals surface area (Å²) in [5.41, 5.74) is 3.17. The first-order valence-corrected chi connectivity index (χ1v) is 11.5. The lowest BCUT2D eigenvalue weighted by Crippen LogP contribution is -2.33. The van der Waals surface area contributed by atoms with Gasteiger partial charge in [-0.05, 0) is 61.5 Å². The van der Waals surface area contributed by atoms with Crippen molar-refractivity contribution in [3.8, 4) is 22.5 Å². The van der Waals surface area contributed by atoms with E-state index in [1.54, 1.807) is 24.3 Å². The van der Waals surface area contributed by atoms with Crippen LogP contribution in [0.1, 0.15) is 10.6 Å². The van der Waals surface area contributed by atoms with E-state index in [9.17, 15) is 18.4 Å². The Bertz CT molecular complexity index is 1590. The Morgan fingerprint density at radius 1 is 0.943 bits per heavy atom. The summed E-state index contributed by atoms with van der Waals surface area (Å²) in [6.45, 7) is 1.96. The number of rotatable bonds is 6. The fraction of sp³-hybridized carbons (Fsp3) is 0.120. The first-order valence-electron chi connectivity index (χ1n) is 10.7. The summed E-state index contributed by atoms with van der Waals surface area (Å²) in [5.74, 6) is -1.04. The van der Waals surface area contributed by atoms with E-state index < -0.39 is 5.56 Å². The number of halogens is 2. The smallest absolute Gasteiger partial charge is 0.267 e. The zero-order valence-electron chi connectivity index (χ0n) is 18.5. The number of hydrogen-bond acceptors (Lipinski definition) is 5. The molecule has 3 heterocycles. The maximum Gasteiger partial charge on any atom is 0.267 e. The van der Waals surface area contributed by atoms with E-state index in [4.69, 9.17) is 0 Å². The maximum absolute atomic E-state index is 13.2. The fourth-order valence-electron chi connectivity index (χ4n) is 3.63. The summed E-state index contributed by atoms with van der Waals surface area (Å²) in [6.07, 6.45) is 1.88. The molecule has 0 saturated heterocycles. The number of thiazole rings is 1. The zero-order valence-corrected chi connectivity index (χ0v) is 19.4. The third-order valence-corrected chi connectivity index (χ3v) is 6.70. The number of carbonyl (C=O) groups excluding carboxylic acids is 1. The van der Waals surface area contributed by atoms with Crippen LogP contribution in [0.4, 0.5) is 8.78 Å². The predicted molar refractivity (Wildman–Crippen MR) is 129 cm³/mol. The van der Waals surface area contributed by atoms with Gasteiger partial charge in [-0.25, -0.2) is 18.4 Å². The van der Waals surface area contributed by atoms with Gasteiger partial charge in [0.1, 0.15) is 18.2 Å². The third kappa shape index (κ3) is 4.73. The minimum absolute atomic E-state index is 0.246. The van der Waals surface area contributed by atoms with Gasteiger partial charge in [0, 0.05) is 34.0 Å². The molecule has 0 radical (unpaired) electrons. The number of hydrogen-bond donors (Lipinski definition) is 1. The number of nitrogens with one attached hydrogen (secondary N) is 1. The molecule has 10 heteroatoms. The second kappa shape index (κ2) is 9.22. The molecule has 0 spiro atoms. The topological polar surface area (TPSA) is 81.3 Å². The second-order valence-corrected chi connectivity index (χ2v) is 8.96. The molecule has 0 bridgehead atoms. The average Bonchev–Trinajstić information content (AvgIpc) is 3.39. The minimum Gasteiger partial charge on any atom is -0.350 e. The van der Waals surface area contributed by atoms with Crippen molar-refractivity contribution in [2.45, 2.75) is 20.0 Å². The van der Waals surface area contributed by atoms with E-state index in [0.717, 1.165) is 31.5 Å². The number of benzene rings is 2. The van der Waals surface area contributed by atoms with Gasteiger partial charge in [-0.2, -0.15) is 5.10 Å². The predicted octanol–water partition coefficient (Wildman–Crippen LogP) is 4.19. The molecule has 0 aliphatic rings. The van der Waals surface area contributed by atoms with E-state index in [0.29, 0.717) is 11.3 Å². The maximum atomic E-state index is 13.2. The van der Waals surface area contributed by atoms with Crippen LogP contribution in [0.15, 0.2) is 71.7 Å². The number of imidazole rings is 1. The molecule has 5 aromatic rings. The van der Waals surface area contributed by atoms with E-state index in [2.05, 4.69) is 15.4 Å². The van der Waals surface area contributed by atoms with Gasteiger partial charge in [-0.3, -0.25) is 14.0 Å². The highest BCUT2D eigenvalue weighted by molar-refractivity contribution is 7.17. The molecule has 176 valence electrons. The molecular weight excluding hydrogens is 472 g/mol. The SMILES string of the molecule is Cc1c(CNC(=O)Cn2nc(-c3ccc(F)cc3)ccc2=O)sc2nc(-c3ccc(F)cc3)cn12. The largest absolute Gasteiger partial charge is 0.350 e. The van der Waals surface area contributed by atoms with Crippen molar-refractivity contribution in [3.05, 3.63) is 99.4 Å². The van der Waals surface area contributed by atoms with Crippen LogP contribution in [0.25, 0.3) is 27.5 Å². The van der Waals surface area contributed by atoms with Crippen LogP contribution in [-0.2, 0) is 17.9 Å². The van der Waals surface area contributed by atoms with Crippen molar-refractivity contribution >= 4 is 22.2 Å². The molecule has 0 fully saturated rings. The van der Waals surface area contributed by atoms with E-state index in [-0.39, 0.29) is 30.6 Å². The van der Waals surface area contributed by atoms with Crippen LogP contribution in [0.3, 0.4) is 0 Å². The van der Waals surface area contributed by atoms with Gasteiger partial charge in [0.05, 0.1) is 17.9 Å². The lowest BCUT2D eigenvalue weighted by molar-refractivity contribution is -0.122. The monoisotopic (exact) mass is 491 g/mol. The highest BCUT2D eigenvalue weighted by atomic mass is 32.1. The van der Waals surface area contributed by atoms with Crippen molar-refractivity contribution in [3.63, 3.8) is 0 Å². The van der Waals surface area contributed by atoms with Gasteiger partial charge in [-0.15, -0.1) is 0 Å². The summed E-state index contributed by atoms with van der Waals surface area (Å²) >= 11 is 1.44. The van der Waals surface area contributed by atoms with E-state index in [1.165, 1.54) is 47.7 Å². The molecule has 3 aromatic heterocycles. The molecule has 0 aliphatic carbocycles. The van der Waals surface area contributed by atoms with Crippen LogP contribution >= 0.6 is 11.3 Å². The fourth-order valence-corrected chi connectivity index (χ4v) is 4.67. The molecule has 1 N–H and O–H groups in total. The van der Waals surface area contributed by atoms with Gasteiger partial charge in [0.2, 0.25) is 5.91 Å². The summed E-state index contributed by atoms with van der Waals surface area (Å²) < 4.78 is 29.4. The highest BCUT2D eigenvalue weighted by Crippen LogP contribution is 2.27. The van der Waals surface area contributed by atoms with Crippen LogP contribution in [0.5, 0.6) is 0 Å². The van der Waals surface area contributed by atoms with Gasteiger partial charge < -0.3 is 5.32 Å². The molecule has 0 aliphatic heterocycles. The third-order valence-electron chi connectivity index (χ3n) is 5.54. The van der Waals surface area contributed by atoms with Crippen molar-refractivity contribution in [1.82, 2.24) is 24.5 Å². The first-order chi connectivity index (χ1) is 16.9. The summed E-state index contributed by atoms with van der Waals surface area (Å²) in [6, 6.07) is 14.7. The van der Waals surface area contributed by atoms with Gasteiger partial charge in [-0.1, -0.05) is 11.3 Å². The van der Waals surface area contributed by atoms with Gasteiger partial charge in [0.15, 0.2) is 4.96 Å². The molecular formula is C25H19F2N5O2S. The van der Waals surface area contributed by atoms with Crippen LogP contribution in [0, 0.1) is 18.6 Å². The number of aromatic nitrogens is 4. The normalized spacial score (nSPS) is 11.2. The Kier molecular flexibility index (Phi) is 5.96. The Morgan fingerprint density at radius 2 is 1.57 bits per heavy atom. The zero-order chi connectivity index (χ0) is 24.5. The molecule has 7 nitrogen and oxygen atoms in total. The minimum atomic E-state index is -0.412. The van der Waals surface area contributed by atoms with Crippen molar-refractivity contribution < 1.29 is 13.6 Å². The Hall–Kier alpha value is -4.18. The molecule has 0 unspecified atom stereocenters. The molecule has 35 heavy (non-hydrogen) atoms. The molecule has 2 aromatic carbocycles. The van der Waals surface area contributed by atoms with Crippen LogP contribution < -0.4 is 10.9 Å². The summed E-state index contributed by atoms with van der Waals surface area (Å²) in [7, 11) is 0. The number of carbonyl (C=O) groups is 1. The summed E-state index contributed by atoms with van der Waals surface area (Å²) in [4.78, 5) is 31.0. The lowest BCUT2D eigenvalue weighted by Gasteiger charge is -2.08. The molecule has 0 saturated carbocycles. The van der Waals surface area contributed by atoms with Crippen LogP contribution in [-0.4, -0.2) is 25.1 Å². The quantitative estimate of drug-likeness (QED) is 0.386. The van der Waals surface area contributed by atoms with Crippen LogP contribution in [0.2, 0.25) is 0 Å². The van der Waals surface area contributed by atoms with Crippen molar-refractivity contribution in [1.29, 1.82) is 0 Å². The Balaban J connectivity index is 1.27. The average molecular weight is 492 g/mol. The van der Waals surface area contributed by atoms with Gasteiger partial charge >= 0.3 is 0 Å². The second-order valence-electron chi connectivity index (χ2n) is 7.89. The standard InChI is InChI=1S/C25H19F2N5O2S/c1-15-22(35-25-29-21(13-31(15)25)17-4-8-19(27)9-5-17)12-28-23(33)14-32-24(34)11-10-20(30-32)16-2-6-18(26)7-3-16/h2-11,13H,12,14H2,1H3,(H,28,33). The number of nitrogens with zero attached hydrogens (tertiary/aromatic N) is 4. The number of fused-ring (bicyclic) bond motifs is 1. The van der Waals surface area contributed by atoms with Crippen molar-refractivity contribution in [2.75, 3.05) is 0 Å². The number of amides is 1. The summed E-state index contributed by atoms with van der Waals surface area (Å²) in [5, 5.41) is 7.07. The molecule has 1 amide bonds. The number of aryl methyl sites for hydroxylation is 1. The highest BCUT2D eigenvalue weighted by Gasteiger charge is 2.14. The Labute approximate surface area is 202 Å². The van der Waals surface area contributed by atoms with Gasteiger partial charge in [0.25, 0.3) is 5.56 Å². The first kappa shape index (κ1) is 22.6. The molecule has 0 atom stereocenters. The Morgan fingerprint density at radius 3 is 2.20 bits per heavy atom. The van der Waals surface area contributed by atoms with E-state index >= 15 is 0 Å².